The third kappa shape index (κ3) is 6.33. The summed E-state index contributed by atoms with van der Waals surface area (Å²) in [6.07, 6.45) is 1.46. The van der Waals surface area contributed by atoms with Crippen molar-refractivity contribution in [1.82, 2.24) is 19.8 Å². The summed E-state index contributed by atoms with van der Waals surface area (Å²) in [5.41, 5.74) is -0.0268. The van der Waals surface area contributed by atoms with E-state index >= 15 is 0 Å². The van der Waals surface area contributed by atoms with E-state index in [0.29, 0.717) is 11.4 Å². The van der Waals surface area contributed by atoms with Crippen molar-refractivity contribution < 1.29 is 36.4 Å². The van der Waals surface area contributed by atoms with Gasteiger partial charge in [0, 0.05) is 31.4 Å². The molecule has 4 aromatic rings. The molecule has 0 spiro atoms. The number of nitrogens with one attached hydrogen (secondary N) is 2. The van der Waals surface area contributed by atoms with Gasteiger partial charge in [0.25, 0.3) is 11.6 Å². The van der Waals surface area contributed by atoms with Crippen molar-refractivity contribution in [3.63, 3.8) is 0 Å². The van der Waals surface area contributed by atoms with Crippen molar-refractivity contribution >= 4 is 21.6 Å². The molecule has 0 saturated heterocycles. The molecule has 2 aromatic heterocycles. The second kappa shape index (κ2) is 12.1. The lowest BCUT2D eigenvalue weighted by molar-refractivity contribution is -0.385. The first-order chi connectivity index (χ1) is 19.1. The molecule has 15 heteroatoms. The molecule has 0 aliphatic heterocycles. The fourth-order valence-electron chi connectivity index (χ4n) is 3.60. The Morgan fingerprint density at radius 1 is 1.20 bits per heavy atom. The van der Waals surface area contributed by atoms with Gasteiger partial charge in [0.1, 0.15) is 22.2 Å². The number of non-ortho nitro benzene ring substituents is 1. The third-order valence-electron chi connectivity index (χ3n) is 5.59. The van der Waals surface area contributed by atoms with Gasteiger partial charge in [0.15, 0.2) is 5.69 Å². The second-order valence-electron chi connectivity index (χ2n) is 8.31. The monoisotopic (exact) mass is 573 g/mol. The molecule has 0 bridgehead atoms. The van der Waals surface area contributed by atoms with Crippen LogP contribution in [0.4, 0.5) is 10.1 Å². The summed E-state index contributed by atoms with van der Waals surface area (Å²) in [4.78, 5) is 23.1. The quantitative estimate of drug-likeness (QED) is 0.146. The Hall–Kier alpha value is -4.60. The van der Waals surface area contributed by atoms with Crippen LogP contribution in [-0.2, 0) is 21.3 Å². The standard InChI is InChI=1S/C25H24FN5O8S/c1-16-23(24(32)27-15-20-4-3-12-38-20)29-30(18-7-5-17(26)6-8-18)25(16)39-21-10-9-19(31(33)34)14-22(21)40(35,36)28-11-13-37-2/h3-10,12,14,28H,11,13,15H2,1-2H3,(H,27,32). The first-order valence-corrected chi connectivity index (χ1v) is 13.2. The number of hydrogen-bond acceptors (Lipinski definition) is 9. The number of halogens is 1. The summed E-state index contributed by atoms with van der Waals surface area (Å²) in [5.74, 6) is -0.946. The summed E-state index contributed by atoms with van der Waals surface area (Å²) in [6.45, 7) is 1.55. The summed E-state index contributed by atoms with van der Waals surface area (Å²) in [5, 5.41) is 18.4. The maximum absolute atomic E-state index is 13.6. The van der Waals surface area contributed by atoms with Gasteiger partial charge in [-0.25, -0.2) is 17.5 Å². The highest BCUT2D eigenvalue weighted by Crippen LogP contribution is 2.35. The summed E-state index contributed by atoms with van der Waals surface area (Å²) in [6, 6.07) is 11.5. The number of carbonyl (C=O) groups excluding carboxylic acids is 1. The Balaban J connectivity index is 1.78. The molecule has 2 aromatic carbocycles. The number of amides is 1. The molecule has 0 fully saturated rings. The topological polar surface area (TPSA) is 168 Å². The number of furan rings is 1. The number of nitro benzene ring substituents is 1. The van der Waals surface area contributed by atoms with Crippen LogP contribution in [0.3, 0.4) is 0 Å². The highest BCUT2D eigenvalue weighted by Gasteiger charge is 2.28. The lowest BCUT2D eigenvalue weighted by atomic mass is 10.2. The first kappa shape index (κ1) is 28.4. The van der Waals surface area contributed by atoms with Crippen LogP contribution in [-0.4, -0.2) is 49.3 Å². The Morgan fingerprint density at radius 2 is 1.95 bits per heavy atom. The lowest BCUT2D eigenvalue weighted by Crippen LogP contribution is -2.27. The fourth-order valence-corrected chi connectivity index (χ4v) is 4.76. The van der Waals surface area contributed by atoms with E-state index in [0.717, 1.165) is 18.2 Å². The van der Waals surface area contributed by atoms with E-state index in [1.165, 1.54) is 49.2 Å². The van der Waals surface area contributed by atoms with E-state index in [-0.39, 0.29) is 42.6 Å². The highest BCUT2D eigenvalue weighted by atomic mass is 32.2. The summed E-state index contributed by atoms with van der Waals surface area (Å²) in [7, 11) is -2.92. The predicted octanol–water partition coefficient (Wildman–Crippen LogP) is 3.47. The number of nitro groups is 1. The van der Waals surface area contributed by atoms with Crippen LogP contribution in [0.25, 0.3) is 5.69 Å². The average molecular weight is 574 g/mol. The predicted molar refractivity (Wildman–Crippen MR) is 138 cm³/mol. The number of benzene rings is 2. The molecule has 1 amide bonds. The van der Waals surface area contributed by atoms with E-state index in [1.807, 2.05) is 0 Å². The zero-order chi connectivity index (χ0) is 28.9. The number of methoxy groups -OCH3 is 1. The molecule has 0 aliphatic rings. The van der Waals surface area contributed by atoms with Crippen LogP contribution >= 0.6 is 0 Å². The van der Waals surface area contributed by atoms with Crippen LogP contribution in [0.2, 0.25) is 0 Å². The zero-order valence-corrected chi connectivity index (χ0v) is 22.1. The number of carbonyl (C=O) groups is 1. The Labute approximate surface area is 227 Å². The average Bonchev–Trinajstić information content (AvgIpc) is 3.56. The molecule has 0 saturated carbocycles. The van der Waals surface area contributed by atoms with Crippen molar-refractivity contribution in [2.24, 2.45) is 0 Å². The molecule has 40 heavy (non-hydrogen) atoms. The van der Waals surface area contributed by atoms with E-state index in [2.05, 4.69) is 15.1 Å². The van der Waals surface area contributed by atoms with Crippen molar-refractivity contribution in [3.8, 4) is 17.3 Å². The van der Waals surface area contributed by atoms with Gasteiger partial charge < -0.3 is 19.2 Å². The van der Waals surface area contributed by atoms with E-state index in [4.69, 9.17) is 13.9 Å². The molecule has 4 rings (SSSR count). The lowest BCUT2D eigenvalue weighted by Gasteiger charge is -2.14. The van der Waals surface area contributed by atoms with Crippen LogP contribution in [0.15, 0.2) is 70.2 Å². The van der Waals surface area contributed by atoms with Crippen molar-refractivity contribution in [2.45, 2.75) is 18.4 Å². The number of sulfonamides is 1. The molecule has 0 unspecified atom stereocenters. The van der Waals surface area contributed by atoms with E-state index < -0.39 is 37.3 Å². The molecule has 0 radical (unpaired) electrons. The van der Waals surface area contributed by atoms with Gasteiger partial charge in [-0.05, 0) is 49.4 Å². The number of aromatic nitrogens is 2. The number of hydrogen-bond donors (Lipinski definition) is 2. The Kier molecular flexibility index (Phi) is 8.57. The molecule has 0 atom stereocenters. The van der Waals surface area contributed by atoms with E-state index in [1.54, 1.807) is 12.1 Å². The van der Waals surface area contributed by atoms with Crippen LogP contribution in [0, 0.1) is 22.9 Å². The molecule has 2 N–H and O–H groups in total. The number of ether oxygens (including phenoxy) is 2. The van der Waals surface area contributed by atoms with Gasteiger partial charge in [-0.3, -0.25) is 14.9 Å². The minimum absolute atomic E-state index is 0.0528. The second-order valence-corrected chi connectivity index (χ2v) is 10.0. The zero-order valence-electron chi connectivity index (χ0n) is 21.3. The normalized spacial score (nSPS) is 11.4. The van der Waals surface area contributed by atoms with Crippen molar-refractivity contribution in [1.29, 1.82) is 0 Å². The minimum Gasteiger partial charge on any atom is -0.467 e. The van der Waals surface area contributed by atoms with Gasteiger partial charge in [-0.2, -0.15) is 9.78 Å². The van der Waals surface area contributed by atoms with Crippen molar-refractivity contribution in [3.05, 3.63) is 93.8 Å². The van der Waals surface area contributed by atoms with Gasteiger partial charge in [0.2, 0.25) is 15.9 Å². The van der Waals surface area contributed by atoms with Gasteiger partial charge >= 0.3 is 0 Å². The Morgan fingerprint density at radius 3 is 2.60 bits per heavy atom. The maximum atomic E-state index is 13.6. The third-order valence-corrected chi connectivity index (χ3v) is 7.07. The number of nitrogens with zero attached hydrogens (tertiary/aromatic N) is 3. The SMILES string of the molecule is COCCNS(=O)(=O)c1cc([N+](=O)[O-])ccc1Oc1c(C)c(C(=O)NCc2ccco2)nn1-c1ccc(F)cc1. The molecular formula is C25H24FN5O8S. The molecular weight excluding hydrogens is 549 g/mol. The Bertz CT molecular complexity index is 1620. The van der Waals surface area contributed by atoms with Crippen LogP contribution < -0.4 is 14.8 Å². The van der Waals surface area contributed by atoms with Crippen LogP contribution in [0.1, 0.15) is 21.8 Å². The van der Waals surface area contributed by atoms with Crippen molar-refractivity contribution in [2.75, 3.05) is 20.3 Å². The molecule has 13 nitrogen and oxygen atoms in total. The highest BCUT2D eigenvalue weighted by molar-refractivity contribution is 7.89. The maximum Gasteiger partial charge on any atom is 0.272 e. The van der Waals surface area contributed by atoms with Gasteiger partial charge in [0.05, 0.1) is 30.0 Å². The molecule has 210 valence electrons. The minimum atomic E-state index is -4.31. The first-order valence-electron chi connectivity index (χ1n) is 11.7. The van der Waals surface area contributed by atoms with Gasteiger partial charge in [-0.1, -0.05) is 0 Å². The van der Waals surface area contributed by atoms with Crippen LogP contribution in [0.5, 0.6) is 11.6 Å². The molecule has 0 aliphatic carbocycles. The number of rotatable bonds is 12. The smallest absolute Gasteiger partial charge is 0.272 e. The van der Waals surface area contributed by atoms with E-state index in [9.17, 15) is 27.7 Å². The fraction of sp³-hybridized carbons (Fsp3) is 0.200. The molecule has 2 heterocycles. The summed E-state index contributed by atoms with van der Waals surface area (Å²) >= 11 is 0. The summed E-state index contributed by atoms with van der Waals surface area (Å²) < 4.78 is 59.4. The largest absolute Gasteiger partial charge is 0.467 e. The van der Waals surface area contributed by atoms with Gasteiger partial charge in [-0.15, -0.1) is 0 Å².